The SMILES string of the molecule is CC1=C(C(F)(F)F)OC(C)CC1.CC1=C(F)OC(C)CC1.CC1=CCC(C)OC1(F)F.CC1CCC(C)C(F)(F)O1.CC1OCC(C)(C(F)(F)F)CO1.Cc1ccc(C)o1.Cc1ccc(C)s1.Cc1ccc2c(c1)C(=O)c1cc(C)ccc1-2.Cc1ccc2c(c1)Cc1cc(C)ccc1-2.Cc1ccc2nc(C)sc2c1.Cc1nnc(C)s1. The molecular formula is C91H112F11N3O8S3. The van der Waals surface area contributed by atoms with E-state index in [2.05, 4.69) is 138 Å². The molecule has 116 heavy (non-hydrogen) atoms. The van der Waals surface area contributed by atoms with Crippen LogP contribution in [0, 0.1) is 94.4 Å². The Balaban J connectivity index is 0.000000200. The zero-order valence-electron chi connectivity index (χ0n) is 70.6. The van der Waals surface area contributed by atoms with Crippen LogP contribution in [0.1, 0.15) is 205 Å². The lowest BCUT2D eigenvalue weighted by Crippen LogP contribution is -2.48. The molecule has 4 aromatic heterocycles. The van der Waals surface area contributed by atoms with Crippen LogP contribution in [0.5, 0.6) is 0 Å². The van der Waals surface area contributed by atoms with Crippen LogP contribution in [0.4, 0.5) is 48.3 Å². The Labute approximate surface area is 689 Å². The Hall–Kier alpha value is -7.91. The van der Waals surface area contributed by atoms with Crippen molar-refractivity contribution in [2.75, 3.05) is 13.2 Å². The van der Waals surface area contributed by atoms with Gasteiger partial charge in [-0.2, -0.15) is 48.3 Å². The number of thiazole rings is 1. The van der Waals surface area contributed by atoms with Crippen molar-refractivity contribution in [1.29, 1.82) is 0 Å². The predicted molar refractivity (Wildman–Crippen MR) is 445 cm³/mol. The second-order valence-corrected chi connectivity index (χ2v) is 34.8. The van der Waals surface area contributed by atoms with Crippen molar-refractivity contribution in [1.82, 2.24) is 15.2 Å². The summed E-state index contributed by atoms with van der Waals surface area (Å²) in [5.41, 5.74) is 16.3. The van der Waals surface area contributed by atoms with Gasteiger partial charge < -0.3 is 32.8 Å². The number of furan rings is 1. The first-order chi connectivity index (χ1) is 54.0. The predicted octanol–water partition coefficient (Wildman–Crippen LogP) is 27.8. The summed E-state index contributed by atoms with van der Waals surface area (Å²) in [5.74, 6) is 0.720. The van der Waals surface area contributed by atoms with E-state index >= 15 is 0 Å². The average molecular weight is 1680 g/mol. The van der Waals surface area contributed by atoms with Gasteiger partial charge in [0.15, 0.2) is 17.8 Å². The third-order valence-corrected chi connectivity index (χ3v) is 21.9. The van der Waals surface area contributed by atoms with E-state index in [1.807, 2.05) is 103 Å². The van der Waals surface area contributed by atoms with Crippen molar-refractivity contribution < 1.29 is 85.9 Å². The summed E-state index contributed by atoms with van der Waals surface area (Å²) < 4.78 is 171. The summed E-state index contributed by atoms with van der Waals surface area (Å²) >= 11 is 5.22. The fraction of sp³-hybridized carbons (Fsp3) is 0.473. The third kappa shape index (κ3) is 30.2. The number of aromatic nitrogens is 3. The molecular weight excluding hydrogens is 1570 g/mol. The highest BCUT2D eigenvalue weighted by molar-refractivity contribution is 7.18. The van der Waals surface area contributed by atoms with Crippen LogP contribution in [0.15, 0.2) is 154 Å². The number of ketones is 1. The Morgan fingerprint density at radius 3 is 1.33 bits per heavy atom. The molecule has 7 aliphatic rings. The van der Waals surface area contributed by atoms with Gasteiger partial charge in [0.1, 0.15) is 27.0 Å². The minimum atomic E-state index is -4.32. The number of carbonyl (C=O) groups is 1. The number of nitrogens with zero attached hydrogens (tertiary/aromatic N) is 3. The maximum atomic E-state index is 12.6. The lowest BCUT2D eigenvalue weighted by molar-refractivity contribution is -0.309. The van der Waals surface area contributed by atoms with Crippen LogP contribution in [0.25, 0.3) is 32.5 Å². The van der Waals surface area contributed by atoms with E-state index in [9.17, 15) is 53.1 Å². The number of allylic oxidation sites excluding steroid dienone is 3. The first-order valence-corrected chi connectivity index (χ1v) is 41.1. The van der Waals surface area contributed by atoms with Gasteiger partial charge in [-0.05, 0) is 295 Å². The molecule has 634 valence electrons. The first kappa shape index (κ1) is 96.9. The standard InChI is InChI=1S/C15H12O.C15H14.C9H9NS.C8H11F3O.C7H11F3O2.C7H12F2O.C7H10F2O.C7H11FO.C6H8O.C6H8S.C4H6N2S/c1-9-3-5-11-12-6-4-10(2)8-14(12)15(16)13(11)7-9;1-10-3-5-14-12(7-10)9-13-8-11(2)4-6-15(13)14;1-6-3-4-8-9(5-6)11-7(2)10-8;1-5-3-4-6(2)12-7(5)8(9,10)11;1-5-11-3-6(2,4-12-5)7(8,9)10;2*1-5-3-4-6(2)10-7(5,8)9;1-5-3-4-6(2)9-7(5)8;2*1-5-3-4-6(2)7-5;1-3-5-6-4(2)7-3/h3-8H,1-2H3;3-8H,9H2,1-2H3;3-5H,1-2H3;6H,3-4H2,1-2H3;5H,3-4H2,1-2H3;5-6H,3-4H2,1-2H3;3,6H,4H2,1-2H3;6H,3-4H2,1-2H3;2*3-4H,1-2H3;1-2H3. The lowest BCUT2D eigenvalue weighted by Gasteiger charge is -2.37. The van der Waals surface area contributed by atoms with E-state index in [0.717, 1.165) is 104 Å². The topological polar surface area (TPSA) is 124 Å². The number of rotatable bonds is 0. The highest BCUT2D eigenvalue weighted by Crippen LogP contribution is 2.43. The normalized spacial score (nSPS) is 21.0. The van der Waals surface area contributed by atoms with Gasteiger partial charge in [0.25, 0.3) is 6.01 Å². The highest BCUT2D eigenvalue weighted by Gasteiger charge is 2.54. The maximum Gasteiger partial charge on any atom is 0.448 e. The number of ether oxygens (including phenoxy) is 6. The quantitative estimate of drug-likeness (QED) is 0.106. The van der Waals surface area contributed by atoms with Crippen LogP contribution in [-0.4, -0.2) is 89.5 Å². The van der Waals surface area contributed by atoms with Gasteiger partial charge in [0.05, 0.1) is 52.9 Å². The van der Waals surface area contributed by atoms with Crippen LogP contribution in [-0.2, 0) is 34.8 Å². The molecule has 0 amide bonds. The number of benzene rings is 5. The smallest absolute Gasteiger partial charge is 0.448 e. The fourth-order valence-electron chi connectivity index (χ4n) is 12.3. The van der Waals surface area contributed by atoms with Gasteiger partial charge in [0.2, 0.25) is 0 Å². The zero-order valence-corrected chi connectivity index (χ0v) is 73.0. The Morgan fingerprint density at radius 2 is 0.940 bits per heavy atom. The molecule has 2 fully saturated rings. The van der Waals surface area contributed by atoms with E-state index in [4.69, 9.17) is 23.4 Å². The number of carbonyl (C=O) groups excluding carboxylic acids is 1. The molecule has 0 spiro atoms. The Morgan fingerprint density at radius 1 is 0.474 bits per heavy atom. The lowest BCUT2D eigenvalue weighted by atomic mass is 9.91. The molecule has 5 unspecified atom stereocenters. The largest absolute Gasteiger partial charge is 0.486 e. The maximum absolute atomic E-state index is 12.6. The molecule has 16 rings (SSSR count). The number of alkyl halides is 10. The van der Waals surface area contributed by atoms with Crippen LogP contribution >= 0.6 is 34.0 Å². The van der Waals surface area contributed by atoms with Gasteiger partial charge in [-0.15, -0.1) is 44.2 Å². The molecule has 5 aromatic carbocycles. The van der Waals surface area contributed by atoms with Gasteiger partial charge in [-0.3, -0.25) is 4.79 Å². The summed E-state index contributed by atoms with van der Waals surface area (Å²) in [4.78, 5) is 19.4. The molecule has 9 heterocycles. The molecule has 0 radical (unpaired) electrons. The number of thiophene rings is 1. The van der Waals surface area contributed by atoms with Crippen LogP contribution < -0.4 is 0 Å². The van der Waals surface area contributed by atoms with Gasteiger partial charge in [-0.25, -0.2) is 4.98 Å². The highest BCUT2D eigenvalue weighted by atomic mass is 32.1. The van der Waals surface area contributed by atoms with Crippen LogP contribution in [0.3, 0.4) is 0 Å². The first-order valence-electron chi connectivity index (χ1n) is 38.7. The van der Waals surface area contributed by atoms with Gasteiger partial charge >= 0.3 is 24.6 Å². The van der Waals surface area contributed by atoms with Crippen molar-refractivity contribution in [3.63, 3.8) is 0 Å². The van der Waals surface area contributed by atoms with E-state index in [-0.39, 0.29) is 55.0 Å². The number of halogens is 11. The summed E-state index contributed by atoms with van der Waals surface area (Å²) in [6.45, 7) is 39.5. The third-order valence-electron chi connectivity index (χ3n) is 19.3. The zero-order chi connectivity index (χ0) is 86.5. The minimum Gasteiger partial charge on any atom is -0.486 e. The van der Waals surface area contributed by atoms with Crippen molar-refractivity contribution in [3.8, 4) is 22.3 Å². The summed E-state index contributed by atoms with van der Waals surface area (Å²) in [7, 11) is 0. The Kier molecular flexibility index (Phi) is 36.1. The van der Waals surface area contributed by atoms with Crippen molar-refractivity contribution in [2.24, 2.45) is 11.3 Å². The van der Waals surface area contributed by atoms with E-state index in [0.29, 0.717) is 31.3 Å². The minimum absolute atomic E-state index is 0.0191. The van der Waals surface area contributed by atoms with Crippen LogP contribution in [0.2, 0.25) is 0 Å². The van der Waals surface area contributed by atoms with Crippen molar-refractivity contribution in [3.05, 3.63) is 236 Å². The fourth-order valence-corrected chi connectivity index (χ4v) is 14.6. The molecule has 0 N–H and O–H groups in total. The van der Waals surface area contributed by atoms with Crippen molar-refractivity contribution >= 4 is 50.0 Å². The molecule has 5 aliphatic heterocycles. The molecule has 2 saturated heterocycles. The second kappa shape index (κ2) is 43.2. The van der Waals surface area contributed by atoms with E-state index < -0.39 is 48.0 Å². The van der Waals surface area contributed by atoms with Gasteiger partial charge in [0, 0.05) is 32.4 Å². The summed E-state index contributed by atoms with van der Waals surface area (Å²) in [5, 5.41) is 10.8. The number of hydrogen-bond donors (Lipinski definition) is 0. The second-order valence-electron chi connectivity index (χ2n) is 30.7. The van der Waals surface area contributed by atoms with Crippen molar-refractivity contribution in [2.45, 2.75) is 259 Å². The Bertz CT molecular complexity index is 4530. The molecule has 0 saturated carbocycles. The van der Waals surface area contributed by atoms with E-state index in [1.165, 1.54) is 80.2 Å². The number of aryl methyl sites for hydroxylation is 12. The molecule has 0 bridgehead atoms. The number of fused-ring (bicyclic) bond motifs is 7. The summed E-state index contributed by atoms with van der Waals surface area (Å²) in [6.07, 6.45) is -8.46. The number of hydrogen-bond acceptors (Lipinski definition) is 14. The average Bonchev–Trinajstić information content (AvgIpc) is 1.62. The van der Waals surface area contributed by atoms with Gasteiger partial charge in [-0.1, -0.05) is 102 Å². The molecule has 9 aromatic rings. The molecule has 2 aliphatic carbocycles. The van der Waals surface area contributed by atoms with E-state index in [1.54, 1.807) is 57.3 Å². The molecule has 5 atom stereocenters. The monoisotopic (exact) mass is 1680 g/mol. The molecule has 11 nitrogen and oxygen atoms in total. The molecule has 25 heteroatoms. The summed E-state index contributed by atoms with van der Waals surface area (Å²) in [6, 6.07) is 39.9.